The first-order chi connectivity index (χ1) is 12.1. The molecule has 1 aliphatic rings. The summed E-state index contributed by atoms with van der Waals surface area (Å²) in [4.78, 5) is 22.8. The van der Waals surface area contributed by atoms with Crippen molar-refractivity contribution in [2.75, 3.05) is 13.1 Å². The summed E-state index contributed by atoms with van der Waals surface area (Å²) in [5.74, 6) is 1.50. The maximum absolute atomic E-state index is 12.8. The van der Waals surface area contributed by atoms with E-state index in [-0.39, 0.29) is 5.91 Å². The number of hydrogen-bond donors (Lipinski definition) is 1. The largest absolute Gasteiger partial charge is 0.342 e. The van der Waals surface area contributed by atoms with Crippen LogP contribution in [0.2, 0.25) is 5.02 Å². The van der Waals surface area contributed by atoms with E-state index in [1.807, 2.05) is 41.3 Å². The lowest BCUT2D eigenvalue weighted by Crippen LogP contribution is -2.38. The predicted molar refractivity (Wildman–Crippen MR) is 108 cm³/mol. The number of fused-ring (bicyclic) bond motifs is 1. The number of hydrogen-bond acceptors (Lipinski definition) is 2. The lowest BCUT2D eigenvalue weighted by molar-refractivity contribution is 0.0710. The normalized spacial score (nSPS) is 15.7. The second-order valence-electron chi connectivity index (χ2n) is 6.33. The maximum atomic E-state index is 12.8. The van der Waals surface area contributed by atoms with Gasteiger partial charge in [0.2, 0.25) is 0 Å². The number of imidazole rings is 1. The predicted octanol–water partition coefficient (Wildman–Crippen LogP) is 4.84. The van der Waals surface area contributed by atoms with Crippen LogP contribution in [0.25, 0.3) is 11.0 Å². The van der Waals surface area contributed by atoms with Crippen molar-refractivity contribution in [1.29, 1.82) is 0 Å². The summed E-state index contributed by atoms with van der Waals surface area (Å²) in [5, 5.41) is 0.657. The van der Waals surface area contributed by atoms with Crippen molar-refractivity contribution >= 4 is 51.1 Å². The molecule has 128 valence electrons. The number of halogens is 2. The van der Waals surface area contributed by atoms with Crippen LogP contribution in [0.4, 0.5) is 0 Å². The van der Waals surface area contributed by atoms with Crippen LogP contribution in [-0.4, -0.2) is 33.9 Å². The summed E-state index contributed by atoms with van der Waals surface area (Å²) < 4.78 is 0.898. The Hall–Kier alpha value is -1.60. The number of benzene rings is 2. The molecule has 1 aliphatic heterocycles. The molecule has 1 aromatic heterocycles. The number of para-hydroxylation sites is 2. The number of aromatic nitrogens is 2. The van der Waals surface area contributed by atoms with Gasteiger partial charge in [0.1, 0.15) is 5.82 Å². The average Bonchev–Trinajstić information content (AvgIpc) is 3.05. The van der Waals surface area contributed by atoms with Crippen molar-refractivity contribution < 1.29 is 4.79 Å². The first-order valence-electron chi connectivity index (χ1n) is 8.31. The number of carbonyl (C=O) groups is 1. The Balaban J connectivity index is 1.46. The first-order valence-corrected chi connectivity index (χ1v) is 9.76. The van der Waals surface area contributed by atoms with Gasteiger partial charge < -0.3 is 9.88 Å². The van der Waals surface area contributed by atoms with E-state index in [4.69, 9.17) is 16.6 Å². The zero-order valence-corrected chi connectivity index (χ0v) is 16.4. The fourth-order valence-corrected chi connectivity index (χ4v) is 4.46. The molecule has 2 heterocycles. The number of rotatable bonds is 2. The van der Waals surface area contributed by atoms with Gasteiger partial charge in [0.25, 0.3) is 5.91 Å². The number of likely N-dealkylation sites (tertiary alicyclic amines) is 1. The molecule has 1 saturated heterocycles. The van der Waals surface area contributed by atoms with Crippen LogP contribution in [-0.2, 0) is 0 Å². The van der Waals surface area contributed by atoms with Gasteiger partial charge in [-0.3, -0.25) is 4.79 Å². The summed E-state index contributed by atoms with van der Waals surface area (Å²) in [5.41, 5.74) is 2.81. The molecule has 6 heteroatoms. The van der Waals surface area contributed by atoms with Crippen molar-refractivity contribution in [2.45, 2.75) is 18.8 Å². The number of nitrogens with one attached hydrogen (secondary N) is 1. The monoisotopic (exact) mass is 465 g/mol. The molecule has 1 fully saturated rings. The lowest BCUT2D eigenvalue weighted by atomic mass is 9.95. The van der Waals surface area contributed by atoms with E-state index in [0.29, 0.717) is 10.9 Å². The van der Waals surface area contributed by atoms with E-state index in [0.717, 1.165) is 51.9 Å². The Kier molecular flexibility index (Phi) is 4.69. The van der Waals surface area contributed by atoms with Crippen LogP contribution in [0.3, 0.4) is 0 Å². The van der Waals surface area contributed by atoms with E-state index in [2.05, 4.69) is 27.6 Å². The van der Waals surface area contributed by atoms with E-state index < -0.39 is 0 Å². The molecule has 1 amide bonds. The highest BCUT2D eigenvalue weighted by molar-refractivity contribution is 14.1. The molecule has 0 unspecified atom stereocenters. The summed E-state index contributed by atoms with van der Waals surface area (Å²) in [7, 11) is 0. The van der Waals surface area contributed by atoms with Gasteiger partial charge in [-0.1, -0.05) is 23.7 Å². The van der Waals surface area contributed by atoms with Gasteiger partial charge in [0, 0.05) is 27.6 Å². The Morgan fingerprint density at radius 1 is 1.20 bits per heavy atom. The highest BCUT2D eigenvalue weighted by atomic mass is 127. The van der Waals surface area contributed by atoms with Gasteiger partial charge in [0.05, 0.1) is 16.6 Å². The minimum absolute atomic E-state index is 0.0872. The van der Waals surface area contributed by atoms with Crippen LogP contribution in [0.5, 0.6) is 0 Å². The van der Waals surface area contributed by atoms with Gasteiger partial charge >= 0.3 is 0 Å². The van der Waals surface area contributed by atoms with Gasteiger partial charge in [-0.05, 0) is 65.8 Å². The Morgan fingerprint density at radius 3 is 2.68 bits per heavy atom. The van der Waals surface area contributed by atoms with Crippen LogP contribution in [0, 0.1) is 3.57 Å². The molecule has 25 heavy (non-hydrogen) atoms. The van der Waals surface area contributed by atoms with E-state index in [9.17, 15) is 4.79 Å². The van der Waals surface area contributed by atoms with E-state index >= 15 is 0 Å². The molecule has 0 spiro atoms. The topological polar surface area (TPSA) is 49.0 Å². The first kappa shape index (κ1) is 16.8. The molecule has 0 aliphatic carbocycles. The highest BCUT2D eigenvalue weighted by Gasteiger charge is 2.27. The number of carbonyl (C=O) groups excluding carboxylic acids is 1. The van der Waals surface area contributed by atoms with Crippen molar-refractivity contribution in [2.24, 2.45) is 0 Å². The molecule has 0 bridgehead atoms. The molecule has 1 N–H and O–H groups in total. The van der Waals surface area contributed by atoms with Crippen LogP contribution in [0.15, 0.2) is 42.5 Å². The molecule has 4 nitrogen and oxygen atoms in total. The molecular weight excluding hydrogens is 449 g/mol. The lowest BCUT2D eigenvalue weighted by Gasteiger charge is -2.31. The third-order valence-corrected chi connectivity index (χ3v) is 5.87. The van der Waals surface area contributed by atoms with Crippen LogP contribution >= 0.6 is 34.2 Å². The fourth-order valence-electron chi connectivity index (χ4n) is 3.36. The van der Waals surface area contributed by atoms with Gasteiger partial charge in [-0.15, -0.1) is 0 Å². The van der Waals surface area contributed by atoms with Gasteiger partial charge in [-0.25, -0.2) is 4.98 Å². The Labute approximate surface area is 164 Å². The van der Waals surface area contributed by atoms with Crippen molar-refractivity contribution in [1.82, 2.24) is 14.9 Å². The SMILES string of the molecule is O=C(c1ccc(Cl)cc1I)N1CCC(c2nc3ccccc3[nH]2)CC1. The third kappa shape index (κ3) is 3.40. The van der Waals surface area contributed by atoms with Gasteiger partial charge in [0.15, 0.2) is 0 Å². The van der Waals surface area contributed by atoms with Crippen molar-refractivity contribution in [3.8, 4) is 0 Å². The minimum Gasteiger partial charge on any atom is -0.342 e. The van der Waals surface area contributed by atoms with E-state index in [1.165, 1.54) is 0 Å². The smallest absolute Gasteiger partial charge is 0.254 e. The number of aromatic amines is 1. The number of H-pyrrole nitrogens is 1. The Morgan fingerprint density at radius 2 is 1.96 bits per heavy atom. The number of amides is 1. The maximum Gasteiger partial charge on any atom is 0.254 e. The number of nitrogens with zero attached hydrogens (tertiary/aromatic N) is 2. The van der Waals surface area contributed by atoms with Crippen LogP contribution < -0.4 is 0 Å². The molecule has 0 radical (unpaired) electrons. The van der Waals surface area contributed by atoms with Crippen molar-refractivity contribution in [3.63, 3.8) is 0 Å². The third-order valence-electron chi connectivity index (χ3n) is 4.74. The Bertz CT molecular complexity index is 898. The summed E-state index contributed by atoms with van der Waals surface area (Å²) in [6, 6.07) is 13.5. The van der Waals surface area contributed by atoms with Gasteiger partial charge in [-0.2, -0.15) is 0 Å². The van der Waals surface area contributed by atoms with E-state index in [1.54, 1.807) is 6.07 Å². The van der Waals surface area contributed by atoms with Crippen molar-refractivity contribution in [3.05, 3.63) is 62.4 Å². The molecular formula is C19H17ClIN3O. The minimum atomic E-state index is 0.0872. The molecule has 0 atom stereocenters. The summed E-state index contributed by atoms with van der Waals surface area (Å²) >= 11 is 8.16. The molecule has 0 saturated carbocycles. The zero-order valence-electron chi connectivity index (χ0n) is 13.5. The molecule has 2 aromatic carbocycles. The second-order valence-corrected chi connectivity index (χ2v) is 7.93. The molecule has 3 aromatic rings. The zero-order chi connectivity index (χ0) is 17.4. The standard InChI is InChI=1S/C19H17ClIN3O/c20-13-5-6-14(15(21)11-13)19(25)24-9-7-12(8-10-24)18-22-16-3-1-2-4-17(16)23-18/h1-6,11-12H,7-10H2,(H,22,23). The number of piperidine rings is 1. The summed E-state index contributed by atoms with van der Waals surface area (Å²) in [6.45, 7) is 1.50. The average molecular weight is 466 g/mol. The fraction of sp³-hybridized carbons (Fsp3) is 0.263. The summed E-state index contributed by atoms with van der Waals surface area (Å²) in [6.07, 6.45) is 1.85. The second kappa shape index (κ2) is 6.96. The highest BCUT2D eigenvalue weighted by Crippen LogP contribution is 2.29. The quantitative estimate of drug-likeness (QED) is 0.551. The molecule has 4 rings (SSSR count). The van der Waals surface area contributed by atoms with Crippen LogP contribution in [0.1, 0.15) is 34.9 Å².